The van der Waals surface area contributed by atoms with Crippen LogP contribution in [0.4, 0.5) is 0 Å². The number of fused-ring (bicyclic) bond motifs is 5. The van der Waals surface area contributed by atoms with Crippen LogP contribution in [0.2, 0.25) is 0 Å². The van der Waals surface area contributed by atoms with Gasteiger partial charge < -0.3 is 10.1 Å². The minimum absolute atomic E-state index is 0.129. The fourth-order valence-electron chi connectivity index (χ4n) is 3.44. The molecule has 10 heteroatoms. The number of nitrogens with one attached hydrogen (secondary N) is 1. The molecule has 3 aromatic rings. The molecule has 0 spiro atoms. The van der Waals surface area contributed by atoms with Gasteiger partial charge in [0, 0.05) is 4.88 Å². The molecule has 28 heavy (non-hydrogen) atoms. The van der Waals surface area contributed by atoms with E-state index in [1.54, 1.807) is 18.3 Å². The number of esters is 1. The van der Waals surface area contributed by atoms with Crippen molar-refractivity contribution in [2.24, 2.45) is 0 Å². The Labute approximate surface area is 170 Å². The molecule has 3 heterocycles. The van der Waals surface area contributed by atoms with E-state index in [0.717, 1.165) is 34.5 Å². The first-order chi connectivity index (χ1) is 13.6. The summed E-state index contributed by atoms with van der Waals surface area (Å²) in [6.45, 7) is 3.82. The standard InChI is InChI=1S/C18H21N5O3S2/c1-3-26-14(25)8-19-13(24)9-27-18-22-21-16-15-11-6-4-5-7-12(11)28-17(15)20-10(2)23(16)18/h3-9H2,1-2H3,(H,19,24). The van der Waals surface area contributed by atoms with Gasteiger partial charge in [0.15, 0.2) is 10.8 Å². The van der Waals surface area contributed by atoms with Crippen LogP contribution in [0, 0.1) is 6.92 Å². The van der Waals surface area contributed by atoms with E-state index in [1.165, 1.54) is 35.0 Å². The molecule has 1 N–H and O–H groups in total. The van der Waals surface area contributed by atoms with Crippen LogP contribution in [0.5, 0.6) is 0 Å². The number of thioether (sulfide) groups is 1. The van der Waals surface area contributed by atoms with Crippen molar-refractivity contribution < 1.29 is 14.3 Å². The van der Waals surface area contributed by atoms with Gasteiger partial charge >= 0.3 is 5.97 Å². The van der Waals surface area contributed by atoms with Gasteiger partial charge in [0.2, 0.25) is 5.91 Å². The van der Waals surface area contributed by atoms with E-state index in [2.05, 4.69) is 15.5 Å². The molecule has 0 bridgehead atoms. The molecular weight excluding hydrogens is 398 g/mol. The van der Waals surface area contributed by atoms with E-state index in [0.29, 0.717) is 11.8 Å². The van der Waals surface area contributed by atoms with Crippen LogP contribution in [0.3, 0.4) is 0 Å². The van der Waals surface area contributed by atoms with Gasteiger partial charge in [0.25, 0.3) is 0 Å². The zero-order valence-corrected chi connectivity index (χ0v) is 17.4. The molecule has 0 radical (unpaired) electrons. The number of carbonyl (C=O) groups excluding carboxylic acids is 2. The third-order valence-electron chi connectivity index (χ3n) is 4.66. The summed E-state index contributed by atoms with van der Waals surface area (Å²) in [6, 6.07) is 0. The number of rotatable bonds is 6. The van der Waals surface area contributed by atoms with Crippen molar-refractivity contribution in [1.29, 1.82) is 0 Å². The fraction of sp³-hybridized carbons (Fsp3) is 0.500. The SMILES string of the molecule is CCOC(=O)CNC(=O)CSc1nnc2c3c4c(sc3nc(C)n12)CCCC4. The molecule has 1 aliphatic carbocycles. The fourth-order valence-corrected chi connectivity index (χ4v) is 5.55. The first-order valence-electron chi connectivity index (χ1n) is 9.29. The number of nitrogens with zero attached hydrogens (tertiary/aromatic N) is 4. The molecule has 0 unspecified atom stereocenters. The van der Waals surface area contributed by atoms with Gasteiger partial charge in [-0.2, -0.15) is 0 Å². The maximum atomic E-state index is 12.0. The summed E-state index contributed by atoms with van der Waals surface area (Å²) in [5.41, 5.74) is 2.18. The number of hydrogen-bond acceptors (Lipinski definition) is 8. The molecule has 0 aliphatic heterocycles. The van der Waals surface area contributed by atoms with E-state index in [9.17, 15) is 9.59 Å². The predicted molar refractivity (Wildman–Crippen MR) is 108 cm³/mol. The maximum Gasteiger partial charge on any atom is 0.325 e. The van der Waals surface area contributed by atoms with Crippen molar-refractivity contribution >= 4 is 50.8 Å². The first kappa shape index (κ1) is 19.1. The van der Waals surface area contributed by atoms with Crippen LogP contribution in [0.25, 0.3) is 15.9 Å². The van der Waals surface area contributed by atoms with Crippen molar-refractivity contribution in [1.82, 2.24) is 24.9 Å². The van der Waals surface area contributed by atoms with Gasteiger partial charge in [-0.05, 0) is 45.1 Å². The third-order valence-corrected chi connectivity index (χ3v) is 6.78. The third kappa shape index (κ3) is 3.58. The molecule has 1 aliphatic rings. The van der Waals surface area contributed by atoms with Gasteiger partial charge in [0.1, 0.15) is 17.2 Å². The smallest absolute Gasteiger partial charge is 0.325 e. The highest BCUT2D eigenvalue weighted by molar-refractivity contribution is 7.99. The Morgan fingerprint density at radius 2 is 2.11 bits per heavy atom. The number of aryl methyl sites for hydroxylation is 3. The molecular formula is C18H21N5O3S2. The summed E-state index contributed by atoms with van der Waals surface area (Å²) < 4.78 is 6.72. The zero-order chi connectivity index (χ0) is 19.7. The maximum absolute atomic E-state index is 12.0. The number of aromatic nitrogens is 4. The molecule has 0 fully saturated rings. The van der Waals surface area contributed by atoms with E-state index in [4.69, 9.17) is 9.72 Å². The van der Waals surface area contributed by atoms with Crippen molar-refractivity contribution in [3.63, 3.8) is 0 Å². The summed E-state index contributed by atoms with van der Waals surface area (Å²) in [5, 5.41) is 13.0. The van der Waals surface area contributed by atoms with E-state index in [-0.39, 0.29) is 18.2 Å². The number of thiophene rings is 1. The van der Waals surface area contributed by atoms with Gasteiger partial charge in [-0.1, -0.05) is 11.8 Å². The van der Waals surface area contributed by atoms with Crippen molar-refractivity contribution in [2.75, 3.05) is 18.9 Å². The lowest BCUT2D eigenvalue weighted by Crippen LogP contribution is -2.31. The average molecular weight is 420 g/mol. The van der Waals surface area contributed by atoms with Crippen LogP contribution < -0.4 is 5.32 Å². The van der Waals surface area contributed by atoms with Crippen LogP contribution >= 0.6 is 23.1 Å². The van der Waals surface area contributed by atoms with Gasteiger partial charge in [-0.25, -0.2) is 4.98 Å². The van der Waals surface area contributed by atoms with Gasteiger partial charge in [0.05, 0.1) is 17.7 Å². The van der Waals surface area contributed by atoms with Crippen molar-refractivity contribution in [2.45, 2.75) is 44.7 Å². The molecule has 4 rings (SSSR count). The summed E-state index contributed by atoms with van der Waals surface area (Å²) >= 11 is 3.04. The number of hydrogen-bond donors (Lipinski definition) is 1. The van der Waals surface area contributed by atoms with Gasteiger partial charge in [-0.3, -0.25) is 14.0 Å². The highest BCUT2D eigenvalue weighted by Gasteiger charge is 2.22. The highest BCUT2D eigenvalue weighted by atomic mass is 32.2. The number of amides is 1. The lowest BCUT2D eigenvalue weighted by atomic mass is 9.97. The van der Waals surface area contributed by atoms with E-state index in [1.807, 2.05) is 11.3 Å². The minimum atomic E-state index is -0.446. The normalized spacial score (nSPS) is 13.6. The minimum Gasteiger partial charge on any atom is -0.465 e. The lowest BCUT2D eigenvalue weighted by molar-refractivity contribution is -0.143. The van der Waals surface area contributed by atoms with Gasteiger partial charge in [-0.15, -0.1) is 21.5 Å². The Morgan fingerprint density at radius 3 is 2.93 bits per heavy atom. The second-order valence-corrected chi connectivity index (χ2v) is 8.59. The molecule has 148 valence electrons. The van der Waals surface area contributed by atoms with Crippen molar-refractivity contribution in [3.05, 3.63) is 16.3 Å². The summed E-state index contributed by atoms with van der Waals surface area (Å²) in [6.07, 6.45) is 4.58. The van der Waals surface area contributed by atoms with Crippen LogP contribution in [0.1, 0.15) is 36.0 Å². The summed E-state index contributed by atoms with van der Waals surface area (Å²) in [4.78, 5) is 30.6. The molecule has 0 atom stereocenters. The Morgan fingerprint density at radius 1 is 1.29 bits per heavy atom. The molecule has 0 saturated heterocycles. The Hall–Kier alpha value is -2.20. The average Bonchev–Trinajstić information content (AvgIpc) is 3.26. The second kappa shape index (κ2) is 8.04. The van der Waals surface area contributed by atoms with Crippen LogP contribution in [0.15, 0.2) is 5.16 Å². The summed E-state index contributed by atoms with van der Waals surface area (Å²) in [7, 11) is 0. The topological polar surface area (TPSA) is 98.5 Å². The predicted octanol–water partition coefficient (Wildman–Crippen LogP) is 2.30. The zero-order valence-electron chi connectivity index (χ0n) is 15.8. The quantitative estimate of drug-likeness (QED) is 0.483. The second-order valence-electron chi connectivity index (χ2n) is 6.56. The largest absolute Gasteiger partial charge is 0.465 e. The Kier molecular flexibility index (Phi) is 5.49. The summed E-state index contributed by atoms with van der Waals surface area (Å²) in [5.74, 6) is 0.243. The van der Waals surface area contributed by atoms with Crippen molar-refractivity contribution in [3.8, 4) is 0 Å². The molecule has 1 amide bonds. The number of ether oxygens (including phenoxy) is 1. The van der Waals surface area contributed by atoms with E-state index < -0.39 is 5.97 Å². The highest BCUT2D eigenvalue weighted by Crippen LogP contribution is 2.38. The van der Waals surface area contributed by atoms with Crippen LogP contribution in [-0.2, 0) is 27.2 Å². The molecule has 0 saturated carbocycles. The van der Waals surface area contributed by atoms with E-state index >= 15 is 0 Å². The van der Waals surface area contributed by atoms with Crippen LogP contribution in [-0.4, -0.2) is 50.4 Å². The number of carbonyl (C=O) groups is 2. The monoisotopic (exact) mass is 419 g/mol. The molecule has 3 aromatic heterocycles. The molecule has 0 aromatic carbocycles. The first-order valence-corrected chi connectivity index (χ1v) is 11.1. The molecule has 8 nitrogen and oxygen atoms in total. The Bertz CT molecular complexity index is 1060. The lowest BCUT2D eigenvalue weighted by Gasteiger charge is -2.10. The Balaban J connectivity index is 1.56.